The molecular weight excluding hydrogens is 246 g/mol. The molecule has 1 aromatic rings. The highest BCUT2D eigenvalue weighted by atomic mass is 16.6. The predicted octanol–water partition coefficient (Wildman–Crippen LogP) is 2.25. The molecule has 0 atom stereocenters. The lowest BCUT2D eigenvalue weighted by Gasteiger charge is -2.36. The largest absolute Gasteiger partial charge is 0.444 e. The van der Waals surface area contributed by atoms with Gasteiger partial charge in [0.2, 0.25) is 0 Å². The first-order valence-corrected chi connectivity index (χ1v) is 6.19. The number of hydrogen-bond acceptors (Lipinski definition) is 4. The fraction of sp³-hybridized carbons (Fsp3) is 0.500. The van der Waals surface area contributed by atoms with E-state index in [4.69, 9.17) is 9.47 Å². The van der Waals surface area contributed by atoms with Crippen molar-refractivity contribution in [1.82, 2.24) is 0 Å². The van der Waals surface area contributed by atoms with Crippen LogP contribution in [0.4, 0.5) is 10.5 Å². The number of carbonyl (C=O) groups is 1. The summed E-state index contributed by atoms with van der Waals surface area (Å²) in [7, 11) is 0. The lowest BCUT2D eigenvalue weighted by molar-refractivity contribution is -0.184. The number of amides is 1. The Morgan fingerprint density at radius 1 is 1.32 bits per heavy atom. The van der Waals surface area contributed by atoms with Crippen molar-refractivity contribution >= 4 is 11.8 Å². The highest BCUT2D eigenvalue weighted by molar-refractivity contribution is 5.84. The van der Waals surface area contributed by atoms with Gasteiger partial charge in [0, 0.05) is 5.69 Å². The third-order valence-corrected chi connectivity index (χ3v) is 2.75. The molecule has 5 heteroatoms. The van der Waals surface area contributed by atoms with Gasteiger partial charge in [-0.05, 0) is 38.5 Å². The van der Waals surface area contributed by atoms with Crippen LogP contribution in [0.15, 0.2) is 24.3 Å². The van der Waals surface area contributed by atoms with Crippen LogP contribution in [0.5, 0.6) is 0 Å². The normalized spacial score (nSPS) is 17.5. The number of hydrogen-bond donors (Lipinski definition) is 2. The summed E-state index contributed by atoms with van der Waals surface area (Å²) in [5, 5.41) is 12.7. The minimum atomic E-state index is -0.884. The zero-order chi connectivity index (χ0) is 14.1. The number of carbonyl (C=O) groups excluding carboxylic acids is 1. The summed E-state index contributed by atoms with van der Waals surface area (Å²) in [5.41, 5.74) is 0.00252. The van der Waals surface area contributed by atoms with Crippen LogP contribution in [0.25, 0.3) is 0 Å². The molecule has 0 saturated carbocycles. The Hall–Kier alpha value is -1.59. The molecule has 1 saturated heterocycles. The molecule has 1 heterocycles. The van der Waals surface area contributed by atoms with Gasteiger partial charge < -0.3 is 14.6 Å². The molecule has 0 unspecified atom stereocenters. The van der Waals surface area contributed by atoms with Crippen molar-refractivity contribution in [2.45, 2.75) is 32.0 Å². The van der Waals surface area contributed by atoms with Gasteiger partial charge in [-0.25, -0.2) is 4.79 Å². The van der Waals surface area contributed by atoms with E-state index in [0.717, 1.165) is 5.56 Å². The summed E-state index contributed by atoms with van der Waals surface area (Å²) < 4.78 is 10.2. The highest BCUT2D eigenvalue weighted by Crippen LogP contribution is 2.29. The fourth-order valence-electron chi connectivity index (χ4n) is 1.75. The molecule has 0 aliphatic carbocycles. The number of aliphatic hydroxyl groups is 1. The van der Waals surface area contributed by atoms with Gasteiger partial charge in [0.05, 0.1) is 13.2 Å². The maximum Gasteiger partial charge on any atom is 0.412 e. The molecule has 2 rings (SSSR count). The van der Waals surface area contributed by atoms with Gasteiger partial charge in [0.25, 0.3) is 0 Å². The molecule has 1 amide bonds. The Labute approximate surface area is 112 Å². The van der Waals surface area contributed by atoms with E-state index in [0.29, 0.717) is 18.9 Å². The van der Waals surface area contributed by atoms with Crippen LogP contribution in [0.1, 0.15) is 26.3 Å². The van der Waals surface area contributed by atoms with Gasteiger partial charge in [-0.2, -0.15) is 0 Å². The van der Waals surface area contributed by atoms with Crippen LogP contribution in [0.3, 0.4) is 0 Å². The monoisotopic (exact) mass is 265 g/mol. The Kier molecular flexibility index (Phi) is 3.52. The predicted molar refractivity (Wildman–Crippen MR) is 71.0 cm³/mol. The molecule has 104 valence electrons. The molecular formula is C14H19NO4. The second-order valence-electron chi connectivity index (χ2n) is 5.73. The average Bonchev–Trinajstić information content (AvgIpc) is 2.24. The standard InChI is InChI=1S/C14H19NO4/c1-13(2,3)19-12(16)15-11-6-4-10(5-7-11)14(17)8-18-9-14/h4-7,17H,8-9H2,1-3H3,(H,15,16). The summed E-state index contributed by atoms with van der Waals surface area (Å²) >= 11 is 0. The van der Waals surface area contributed by atoms with Crippen LogP contribution in [0, 0.1) is 0 Å². The summed E-state index contributed by atoms with van der Waals surface area (Å²) in [5.74, 6) is 0. The maximum atomic E-state index is 11.6. The Bertz CT molecular complexity index is 457. The zero-order valence-electron chi connectivity index (χ0n) is 11.4. The van der Waals surface area contributed by atoms with Gasteiger partial charge >= 0.3 is 6.09 Å². The van der Waals surface area contributed by atoms with Gasteiger partial charge in [-0.3, -0.25) is 5.32 Å². The Morgan fingerprint density at radius 2 is 1.89 bits per heavy atom. The van der Waals surface area contributed by atoms with Crippen LogP contribution in [-0.2, 0) is 15.1 Å². The third-order valence-electron chi connectivity index (χ3n) is 2.75. The van der Waals surface area contributed by atoms with E-state index in [1.165, 1.54) is 0 Å². The van der Waals surface area contributed by atoms with Crippen LogP contribution >= 0.6 is 0 Å². The van der Waals surface area contributed by atoms with E-state index in [-0.39, 0.29) is 0 Å². The molecule has 0 aromatic heterocycles. The summed E-state index contributed by atoms with van der Waals surface area (Å²) in [6.45, 7) is 6.04. The van der Waals surface area contributed by atoms with E-state index < -0.39 is 17.3 Å². The third kappa shape index (κ3) is 3.45. The van der Waals surface area contributed by atoms with E-state index in [9.17, 15) is 9.90 Å². The SMILES string of the molecule is CC(C)(C)OC(=O)Nc1ccc(C2(O)COC2)cc1. The van der Waals surface area contributed by atoms with Crippen molar-refractivity contribution in [1.29, 1.82) is 0 Å². The first kappa shape index (κ1) is 13.8. The van der Waals surface area contributed by atoms with Gasteiger partial charge in [0.15, 0.2) is 0 Å². The quantitative estimate of drug-likeness (QED) is 0.860. The first-order valence-electron chi connectivity index (χ1n) is 6.19. The van der Waals surface area contributed by atoms with Gasteiger partial charge in [0.1, 0.15) is 11.2 Å². The number of ether oxygens (including phenoxy) is 2. The van der Waals surface area contributed by atoms with Crippen LogP contribution < -0.4 is 5.32 Å². The van der Waals surface area contributed by atoms with Gasteiger partial charge in [-0.1, -0.05) is 12.1 Å². The minimum absolute atomic E-state index is 0.311. The number of rotatable bonds is 2. The number of anilines is 1. The Balaban J connectivity index is 1.97. The summed E-state index contributed by atoms with van der Waals surface area (Å²) in [4.78, 5) is 11.6. The summed E-state index contributed by atoms with van der Waals surface area (Å²) in [6.07, 6.45) is -0.495. The van der Waals surface area contributed by atoms with Crippen molar-refractivity contribution in [2.75, 3.05) is 18.5 Å². The molecule has 0 bridgehead atoms. The van der Waals surface area contributed by atoms with E-state index in [2.05, 4.69) is 5.32 Å². The molecule has 0 radical (unpaired) electrons. The van der Waals surface area contributed by atoms with E-state index >= 15 is 0 Å². The van der Waals surface area contributed by atoms with Crippen molar-refractivity contribution < 1.29 is 19.4 Å². The number of benzene rings is 1. The minimum Gasteiger partial charge on any atom is -0.444 e. The van der Waals surface area contributed by atoms with E-state index in [1.54, 1.807) is 24.3 Å². The van der Waals surface area contributed by atoms with Crippen molar-refractivity contribution in [3.8, 4) is 0 Å². The van der Waals surface area contributed by atoms with Gasteiger partial charge in [-0.15, -0.1) is 0 Å². The second-order valence-corrected chi connectivity index (χ2v) is 5.73. The second kappa shape index (κ2) is 4.83. The van der Waals surface area contributed by atoms with Crippen molar-refractivity contribution in [3.63, 3.8) is 0 Å². The maximum absolute atomic E-state index is 11.6. The number of nitrogens with one attached hydrogen (secondary N) is 1. The van der Waals surface area contributed by atoms with Crippen LogP contribution in [-0.4, -0.2) is 30.0 Å². The molecule has 1 fully saturated rings. The lowest BCUT2D eigenvalue weighted by atomic mass is 9.92. The molecule has 1 aliphatic heterocycles. The summed E-state index contributed by atoms with van der Waals surface area (Å²) in [6, 6.07) is 7.01. The highest BCUT2D eigenvalue weighted by Gasteiger charge is 2.37. The zero-order valence-corrected chi connectivity index (χ0v) is 11.4. The van der Waals surface area contributed by atoms with Crippen LogP contribution in [0.2, 0.25) is 0 Å². The van der Waals surface area contributed by atoms with Crippen molar-refractivity contribution in [2.24, 2.45) is 0 Å². The topological polar surface area (TPSA) is 67.8 Å². The van der Waals surface area contributed by atoms with Crippen molar-refractivity contribution in [3.05, 3.63) is 29.8 Å². The molecule has 5 nitrogen and oxygen atoms in total. The average molecular weight is 265 g/mol. The fourth-order valence-corrected chi connectivity index (χ4v) is 1.75. The molecule has 0 spiro atoms. The smallest absolute Gasteiger partial charge is 0.412 e. The molecule has 1 aliphatic rings. The Morgan fingerprint density at radius 3 is 2.32 bits per heavy atom. The molecule has 2 N–H and O–H groups in total. The molecule has 1 aromatic carbocycles. The molecule has 19 heavy (non-hydrogen) atoms. The lowest BCUT2D eigenvalue weighted by Crippen LogP contribution is -2.46. The first-order chi connectivity index (χ1) is 8.78. The van der Waals surface area contributed by atoms with E-state index in [1.807, 2.05) is 20.8 Å².